The Bertz CT molecular complexity index is 334. The molecular weight excluding hydrogens is 180 g/mol. The molecule has 2 atom stereocenters. The lowest BCUT2D eigenvalue weighted by molar-refractivity contribution is 0.0389. The van der Waals surface area contributed by atoms with Crippen LogP contribution in [0.2, 0.25) is 0 Å². The fraction of sp³-hybridized carbons (Fsp3) is 0.273. The lowest BCUT2D eigenvalue weighted by Crippen LogP contribution is -2.11. The minimum atomic E-state index is -1.34. The van der Waals surface area contributed by atoms with E-state index in [1.807, 2.05) is 36.4 Å². The monoisotopic (exact) mass is 192 g/mol. The van der Waals surface area contributed by atoms with E-state index in [2.05, 4.69) is 4.74 Å². The van der Waals surface area contributed by atoms with Crippen molar-refractivity contribution >= 4 is 6.08 Å². The van der Waals surface area contributed by atoms with Gasteiger partial charge >= 0.3 is 0 Å². The first-order valence-corrected chi connectivity index (χ1v) is 4.50. The highest BCUT2D eigenvalue weighted by Crippen LogP contribution is 2.34. The lowest BCUT2D eigenvalue weighted by Gasteiger charge is -1.97. The van der Waals surface area contributed by atoms with Gasteiger partial charge in [-0.25, -0.2) is 0 Å². The summed E-state index contributed by atoms with van der Waals surface area (Å²) >= 11 is 0. The summed E-state index contributed by atoms with van der Waals surface area (Å²) in [4.78, 5) is 0. The van der Waals surface area contributed by atoms with E-state index in [1.54, 1.807) is 6.08 Å². The first-order chi connectivity index (χ1) is 6.71. The molecule has 3 heteroatoms. The standard InChI is InChI=1S/C11H12O3/c12-10-11(13,14-10)8-4-7-9-5-2-1-3-6-9/h1-7,10,12-13H,8H2/b7-4+. The quantitative estimate of drug-likeness (QED) is 0.706. The molecule has 0 aromatic heterocycles. The van der Waals surface area contributed by atoms with Crippen LogP contribution in [-0.2, 0) is 4.74 Å². The van der Waals surface area contributed by atoms with E-state index in [1.165, 1.54) is 0 Å². The summed E-state index contributed by atoms with van der Waals surface area (Å²) in [6, 6.07) is 9.75. The normalized spacial score (nSPS) is 30.9. The van der Waals surface area contributed by atoms with Gasteiger partial charge in [0.25, 0.3) is 0 Å². The van der Waals surface area contributed by atoms with E-state index in [0.29, 0.717) is 6.42 Å². The summed E-state index contributed by atoms with van der Waals surface area (Å²) < 4.78 is 4.60. The summed E-state index contributed by atoms with van der Waals surface area (Å²) in [5.74, 6) is -1.34. The molecule has 1 aromatic rings. The molecule has 1 fully saturated rings. The second-order valence-corrected chi connectivity index (χ2v) is 3.33. The molecule has 0 spiro atoms. The van der Waals surface area contributed by atoms with Gasteiger partial charge in [0.05, 0.1) is 0 Å². The number of aliphatic hydroxyl groups excluding tert-OH is 1. The van der Waals surface area contributed by atoms with Crippen LogP contribution in [0.4, 0.5) is 0 Å². The Morgan fingerprint density at radius 1 is 1.36 bits per heavy atom. The largest absolute Gasteiger partial charge is 0.364 e. The average Bonchev–Trinajstić information content (AvgIpc) is 2.76. The Kier molecular flexibility index (Phi) is 2.37. The summed E-state index contributed by atoms with van der Waals surface area (Å²) in [6.07, 6.45) is 2.95. The Hall–Kier alpha value is -1.16. The predicted molar refractivity (Wildman–Crippen MR) is 52.1 cm³/mol. The summed E-state index contributed by atoms with van der Waals surface area (Å²) in [6.45, 7) is 0. The third-order valence-corrected chi connectivity index (χ3v) is 2.16. The fourth-order valence-corrected chi connectivity index (χ4v) is 1.24. The van der Waals surface area contributed by atoms with E-state index in [4.69, 9.17) is 5.11 Å². The number of ether oxygens (including phenoxy) is 1. The molecule has 0 bridgehead atoms. The predicted octanol–water partition coefficient (Wildman–Crippen LogP) is 1.13. The third kappa shape index (κ3) is 2.01. The maximum atomic E-state index is 9.35. The van der Waals surface area contributed by atoms with Crippen molar-refractivity contribution in [2.24, 2.45) is 0 Å². The van der Waals surface area contributed by atoms with Crippen LogP contribution in [-0.4, -0.2) is 22.3 Å². The Balaban J connectivity index is 1.90. The van der Waals surface area contributed by atoms with Gasteiger partial charge in [-0.2, -0.15) is 0 Å². The molecule has 0 amide bonds. The number of rotatable bonds is 3. The van der Waals surface area contributed by atoms with Gasteiger partial charge in [0.15, 0.2) is 0 Å². The van der Waals surface area contributed by atoms with E-state index in [-0.39, 0.29) is 0 Å². The molecule has 1 aliphatic heterocycles. The Labute approximate surface area is 82.3 Å². The van der Waals surface area contributed by atoms with Crippen LogP contribution in [0, 0.1) is 0 Å². The minimum absolute atomic E-state index is 0.309. The molecule has 2 rings (SSSR count). The maximum Gasteiger partial charge on any atom is 0.224 e. The molecule has 1 heterocycles. The van der Waals surface area contributed by atoms with Crippen LogP contribution in [0.1, 0.15) is 12.0 Å². The number of aliphatic hydroxyl groups is 2. The molecule has 1 aliphatic rings. The summed E-state index contributed by atoms with van der Waals surface area (Å²) in [5.41, 5.74) is 1.06. The average molecular weight is 192 g/mol. The van der Waals surface area contributed by atoms with Crippen molar-refractivity contribution in [1.82, 2.24) is 0 Å². The molecule has 2 N–H and O–H groups in total. The van der Waals surface area contributed by atoms with Gasteiger partial charge in [0, 0.05) is 6.42 Å². The highest BCUT2D eigenvalue weighted by molar-refractivity contribution is 5.48. The van der Waals surface area contributed by atoms with Crippen molar-refractivity contribution < 1.29 is 14.9 Å². The van der Waals surface area contributed by atoms with Crippen LogP contribution in [0.15, 0.2) is 36.4 Å². The molecule has 14 heavy (non-hydrogen) atoms. The summed E-state index contributed by atoms with van der Waals surface area (Å²) in [7, 11) is 0. The molecule has 0 aliphatic carbocycles. The molecule has 74 valence electrons. The molecular formula is C11H12O3. The Morgan fingerprint density at radius 3 is 2.57 bits per heavy atom. The first kappa shape index (κ1) is 9.40. The van der Waals surface area contributed by atoms with Crippen LogP contribution in [0.25, 0.3) is 6.08 Å². The van der Waals surface area contributed by atoms with Crippen molar-refractivity contribution in [2.45, 2.75) is 18.5 Å². The minimum Gasteiger partial charge on any atom is -0.364 e. The number of epoxide rings is 1. The van der Waals surface area contributed by atoms with Crippen molar-refractivity contribution in [2.75, 3.05) is 0 Å². The molecule has 2 unspecified atom stereocenters. The van der Waals surface area contributed by atoms with Gasteiger partial charge in [-0.3, -0.25) is 0 Å². The SMILES string of the molecule is OC1OC1(O)C/C=C/c1ccccc1. The molecule has 0 saturated carbocycles. The molecule has 1 saturated heterocycles. The molecule has 3 nitrogen and oxygen atoms in total. The highest BCUT2D eigenvalue weighted by Gasteiger charge is 2.53. The van der Waals surface area contributed by atoms with E-state index >= 15 is 0 Å². The van der Waals surface area contributed by atoms with Crippen molar-refractivity contribution in [3.8, 4) is 0 Å². The first-order valence-electron chi connectivity index (χ1n) is 4.50. The number of benzene rings is 1. The zero-order chi connectivity index (χ0) is 10.0. The van der Waals surface area contributed by atoms with Crippen LogP contribution in [0.5, 0.6) is 0 Å². The zero-order valence-electron chi connectivity index (χ0n) is 7.63. The summed E-state index contributed by atoms with van der Waals surface area (Å²) in [5, 5.41) is 18.2. The second kappa shape index (κ2) is 3.53. The van der Waals surface area contributed by atoms with Gasteiger partial charge in [-0.1, -0.05) is 42.5 Å². The van der Waals surface area contributed by atoms with Crippen molar-refractivity contribution in [1.29, 1.82) is 0 Å². The fourth-order valence-electron chi connectivity index (χ4n) is 1.24. The molecule has 0 radical (unpaired) electrons. The molecule has 1 aromatic carbocycles. The van der Waals surface area contributed by atoms with E-state index in [0.717, 1.165) is 5.56 Å². The number of hydrogen-bond acceptors (Lipinski definition) is 3. The third-order valence-electron chi connectivity index (χ3n) is 2.16. The van der Waals surface area contributed by atoms with Crippen LogP contribution in [0.3, 0.4) is 0 Å². The van der Waals surface area contributed by atoms with Gasteiger partial charge in [0.2, 0.25) is 12.1 Å². The van der Waals surface area contributed by atoms with E-state index in [9.17, 15) is 5.11 Å². The Morgan fingerprint density at radius 2 is 2.00 bits per heavy atom. The maximum absolute atomic E-state index is 9.35. The number of hydrogen-bond donors (Lipinski definition) is 2. The van der Waals surface area contributed by atoms with Crippen LogP contribution < -0.4 is 0 Å². The van der Waals surface area contributed by atoms with Gasteiger partial charge in [0.1, 0.15) is 0 Å². The van der Waals surface area contributed by atoms with Gasteiger partial charge in [-0.15, -0.1) is 0 Å². The van der Waals surface area contributed by atoms with Crippen molar-refractivity contribution in [3.05, 3.63) is 42.0 Å². The lowest BCUT2D eigenvalue weighted by atomic mass is 10.2. The topological polar surface area (TPSA) is 53.0 Å². The van der Waals surface area contributed by atoms with Crippen LogP contribution >= 0.6 is 0 Å². The van der Waals surface area contributed by atoms with E-state index < -0.39 is 12.1 Å². The van der Waals surface area contributed by atoms with Gasteiger partial charge < -0.3 is 14.9 Å². The highest BCUT2D eigenvalue weighted by atomic mass is 16.8. The van der Waals surface area contributed by atoms with Gasteiger partial charge in [-0.05, 0) is 5.56 Å². The van der Waals surface area contributed by atoms with Crippen molar-refractivity contribution in [3.63, 3.8) is 0 Å². The smallest absolute Gasteiger partial charge is 0.224 e. The zero-order valence-corrected chi connectivity index (χ0v) is 7.63. The second-order valence-electron chi connectivity index (χ2n) is 3.33.